The van der Waals surface area contributed by atoms with Gasteiger partial charge in [0.05, 0.1) is 5.69 Å². The third-order valence-corrected chi connectivity index (χ3v) is 7.18. The highest BCUT2D eigenvalue weighted by Crippen LogP contribution is 2.49. The van der Waals surface area contributed by atoms with Gasteiger partial charge in [0, 0.05) is 29.2 Å². The van der Waals surface area contributed by atoms with Crippen molar-refractivity contribution in [3.05, 3.63) is 113 Å². The summed E-state index contributed by atoms with van der Waals surface area (Å²) in [6.07, 6.45) is -0.348. The number of nitrogens with zero attached hydrogens (tertiary/aromatic N) is 1. The summed E-state index contributed by atoms with van der Waals surface area (Å²) in [7, 11) is 0. The minimum absolute atomic E-state index is 0.00450. The maximum Gasteiger partial charge on any atom is 0.414 e. The lowest BCUT2D eigenvalue weighted by atomic mass is 9.73. The van der Waals surface area contributed by atoms with Crippen molar-refractivity contribution in [3.8, 4) is 0 Å². The molecule has 0 saturated heterocycles. The lowest BCUT2D eigenvalue weighted by Gasteiger charge is -2.38. The monoisotopic (exact) mass is 487 g/mol. The normalized spacial score (nSPS) is 16.8. The van der Waals surface area contributed by atoms with E-state index in [1.54, 1.807) is 4.90 Å². The number of hydrogen-bond acceptors (Lipinski definition) is 3. The van der Waals surface area contributed by atoms with Gasteiger partial charge >= 0.3 is 6.09 Å². The van der Waals surface area contributed by atoms with E-state index in [1.807, 2.05) is 87.5 Å². The van der Waals surface area contributed by atoms with Crippen LogP contribution in [0.3, 0.4) is 0 Å². The third-order valence-electron chi connectivity index (χ3n) is 7.18. The molecular formula is C33H29NO3. The number of amides is 1. The lowest BCUT2D eigenvalue weighted by Crippen LogP contribution is -2.42. The van der Waals surface area contributed by atoms with E-state index in [-0.39, 0.29) is 17.8 Å². The van der Waals surface area contributed by atoms with Crippen LogP contribution >= 0.6 is 0 Å². The Labute approximate surface area is 217 Å². The van der Waals surface area contributed by atoms with Crippen molar-refractivity contribution in [2.45, 2.75) is 33.3 Å². The number of rotatable bonds is 0. The van der Waals surface area contributed by atoms with Gasteiger partial charge in [-0.25, -0.2) is 4.79 Å². The van der Waals surface area contributed by atoms with Crippen LogP contribution < -0.4 is 4.90 Å². The van der Waals surface area contributed by atoms with Crippen LogP contribution in [0.2, 0.25) is 0 Å². The Hall–Kier alpha value is -4.18. The van der Waals surface area contributed by atoms with E-state index in [0.717, 1.165) is 44.3 Å². The van der Waals surface area contributed by atoms with E-state index in [0.29, 0.717) is 17.7 Å². The molecule has 4 aromatic carbocycles. The summed E-state index contributed by atoms with van der Waals surface area (Å²) in [6, 6.07) is 28.1. The molecule has 2 aliphatic rings. The van der Waals surface area contributed by atoms with Crippen molar-refractivity contribution in [2.75, 3.05) is 11.4 Å². The van der Waals surface area contributed by atoms with Gasteiger partial charge < -0.3 is 4.74 Å². The Bertz CT molecular complexity index is 1570. The molecule has 0 unspecified atom stereocenters. The summed E-state index contributed by atoms with van der Waals surface area (Å²) >= 11 is 0. The van der Waals surface area contributed by atoms with Crippen LogP contribution in [-0.2, 0) is 4.74 Å². The molecule has 0 aromatic heterocycles. The Balaban J connectivity index is 1.71. The summed E-state index contributed by atoms with van der Waals surface area (Å²) < 4.78 is 5.83. The SMILES string of the molecule is C[C@H]1CN(C(=O)OC(C)(C)C)c2ccc3ccccc3c2C1=C1c2ccccc2C(=O)c2ccccc21. The Kier molecular flexibility index (Phi) is 5.30. The second kappa shape index (κ2) is 8.45. The Morgan fingerprint density at radius 3 is 2.00 bits per heavy atom. The molecule has 184 valence electrons. The van der Waals surface area contributed by atoms with E-state index in [1.165, 1.54) is 0 Å². The van der Waals surface area contributed by atoms with Crippen LogP contribution in [0.15, 0.2) is 84.9 Å². The fourth-order valence-corrected chi connectivity index (χ4v) is 5.72. The first-order valence-electron chi connectivity index (χ1n) is 12.7. The molecule has 0 saturated carbocycles. The summed E-state index contributed by atoms with van der Waals surface area (Å²) in [4.78, 5) is 28.7. The molecule has 0 bridgehead atoms. The molecule has 6 rings (SSSR count). The maximum atomic E-state index is 13.5. The summed E-state index contributed by atoms with van der Waals surface area (Å²) in [6.45, 7) is 8.31. The molecule has 0 radical (unpaired) electrons. The minimum atomic E-state index is -0.600. The van der Waals surface area contributed by atoms with Crippen LogP contribution in [0.1, 0.15) is 60.3 Å². The summed E-state index contributed by atoms with van der Waals surface area (Å²) in [5.41, 5.74) is 6.79. The number of carbonyl (C=O) groups is 2. The highest BCUT2D eigenvalue weighted by Gasteiger charge is 2.38. The average Bonchev–Trinajstić information content (AvgIpc) is 2.88. The fourth-order valence-electron chi connectivity index (χ4n) is 5.72. The molecule has 0 fully saturated rings. The van der Waals surface area contributed by atoms with Crippen LogP contribution in [0.5, 0.6) is 0 Å². The van der Waals surface area contributed by atoms with Crippen LogP contribution in [0.25, 0.3) is 21.9 Å². The van der Waals surface area contributed by atoms with Gasteiger partial charge in [-0.15, -0.1) is 0 Å². The second-order valence-electron chi connectivity index (χ2n) is 10.9. The fraction of sp³-hybridized carbons (Fsp3) is 0.212. The maximum absolute atomic E-state index is 13.5. The van der Waals surface area contributed by atoms with Crippen molar-refractivity contribution >= 4 is 39.5 Å². The van der Waals surface area contributed by atoms with Crippen LogP contribution in [-0.4, -0.2) is 24.0 Å². The zero-order chi connectivity index (χ0) is 25.9. The molecule has 4 nitrogen and oxygen atoms in total. The standard InChI is InChI=1S/C33H29NO3/c1-20-19-34(32(36)37-33(2,3)4)27-18-17-21-11-5-6-12-22(21)30(27)28(20)29-23-13-7-9-15-25(23)31(35)26-16-10-8-14-24(26)29/h5-18,20H,19H2,1-4H3/t20-/m0/s1. The molecule has 1 aliphatic heterocycles. The molecule has 1 atom stereocenters. The van der Waals surface area contributed by atoms with Crippen molar-refractivity contribution < 1.29 is 14.3 Å². The van der Waals surface area contributed by atoms with Gasteiger partial charge in [-0.05, 0) is 59.9 Å². The van der Waals surface area contributed by atoms with Gasteiger partial charge in [0.2, 0.25) is 0 Å². The van der Waals surface area contributed by atoms with E-state index >= 15 is 0 Å². The zero-order valence-corrected chi connectivity index (χ0v) is 21.5. The van der Waals surface area contributed by atoms with Crippen molar-refractivity contribution in [1.82, 2.24) is 0 Å². The highest BCUT2D eigenvalue weighted by molar-refractivity contribution is 6.23. The number of fused-ring (bicyclic) bond motifs is 5. The summed E-state index contributed by atoms with van der Waals surface area (Å²) in [5.74, 6) is 0.0441. The summed E-state index contributed by atoms with van der Waals surface area (Å²) in [5, 5.41) is 2.18. The van der Waals surface area contributed by atoms with Gasteiger partial charge in [0.25, 0.3) is 0 Å². The molecule has 1 aliphatic carbocycles. The quantitative estimate of drug-likeness (QED) is 0.224. The molecule has 4 heteroatoms. The topological polar surface area (TPSA) is 46.6 Å². The van der Waals surface area contributed by atoms with Crippen molar-refractivity contribution in [3.63, 3.8) is 0 Å². The Morgan fingerprint density at radius 1 is 0.811 bits per heavy atom. The molecule has 0 spiro atoms. The number of carbonyl (C=O) groups excluding carboxylic acids is 2. The first kappa shape index (κ1) is 23.2. The van der Waals surface area contributed by atoms with E-state index < -0.39 is 5.60 Å². The molecule has 1 amide bonds. The predicted octanol–water partition coefficient (Wildman–Crippen LogP) is 7.73. The zero-order valence-electron chi connectivity index (χ0n) is 21.5. The van der Waals surface area contributed by atoms with Gasteiger partial charge in [0.15, 0.2) is 5.78 Å². The van der Waals surface area contributed by atoms with Crippen LogP contribution in [0.4, 0.5) is 10.5 Å². The van der Waals surface area contributed by atoms with Crippen LogP contribution in [0, 0.1) is 5.92 Å². The number of ether oxygens (including phenoxy) is 1. The second-order valence-corrected chi connectivity index (χ2v) is 10.9. The molecule has 0 N–H and O–H groups in total. The third kappa shape index (κ3) is 3.75. The van der Waals surface area contributed by atoms with E-state index in [9.17, 15) is 9.59 Å². The smallest absolute Gasteiger partial charge is 0.414 e. The number of ketones is 1. The Morgan fingerprint density at radius 2 is 1.38 bits per heavy atom. The lowest BCUT2D eigenvalue weighted by molar-refractivity contribution is 0.0576. The number of anilines is 1. The minimum Gasteiger partial charge on any atom is -0.443 e. The molecule has 1 heterocycles. The average molecular weight is 488 g/mol. The highest BCUT2D eigenvalue weighted by atomic mass is 16.6. The predicted molar refractivity (Wildman–Crippen MR) is 149 cm³/mol. The molecule has 4 aromatic rings. The van der Waals surface area contributed by atoms with Gasteiger partial charge in [-0.3, -0.25) is 9.69 Å². The number of benzene rings is 4. The van der Waals surface area contributed by atoms with Gasteiger partial charge in [-0.2, -0.15) is 0 Å². The van der Waals surface area contributed by atoms with Crippen molar-refractivity contribution in [1.29, 1.82) is 0 Å². The largest absolute Gasteiger partial charge is 0.443 e. The van der Waals surface area contributed by atoms with Gasteiger partial charge in [-0.1, -0.05) is 85.8 Å². The van der Waals surface area contributed by atoms with Gasteiger partial charge in [0.1, 0.15) is 5.60 Å². The molecular weight excluding hydrogens is 458 g/mol. The van der Waals surface area contributed by atoms with E-state index in [2.05, 4.69) is 25.1 Å². The first-order valence-corrected chi connectivity index (χ1v) is 12.7. The van der Waals surface area contributed by atoms with Crippen molar-refractivity contribution in [2.24, 2.45) is 5.92 Å². The number of hydrogen-bond donors (Lipinski definition) is 0. The van der Waals surface area contributed by atoms with E-state index in [4.69, 9.17) is 4.74 Å². The molecule has 37 heavy (non-hydrogen) atoms. The first-order chi connectivity index (χ1) is 17.7.